The summed E-state index contributed by atoms with van der Waals surface area (Å²) >= 11 is 6.20. The monoisotopic (exact) mass is 430 g/mol. The SMILES string of the molecule is CC(C)(C)OC(=O)CCCN1C(=O)CN=C(c2ccccc2F)c2cc(Cl)ccc21. The Bertz CT molecular complexity index is 998. The number of halogens is 2. The molecule has 2 aromatic rings. The molecule has 0 radical (unpaired) electrons. The van der Waals surface area contributed by atoms with Gasteiger partial charge in [-0.1, -0.05) is 23.7 Å². The van der Waals surface area contributed by atoms with Crippen LogP contribution in [0, 0.1) is 5.82 Å². The van der Waals surface area contributed by atoms with Crippen molar-refractivity contribution in [3.63, 3.8) is 0 Å². The zero-order valence-corrected chi connectivity index (χ0v) is 18.0. The minimum absolute atomic E-state index is 0.123. The maximum absolute atomic E-state index is 14.5. The molecule has 7 heteroatoms. The van der Waals surface area contributed by atoms with E-state index in [4.69, 9.17) is 16.3 Å². The largest absolute Gasteiger partial charge is 0.460 e. The van der Waals surface area contributed by atoms with Gasteiger partial charge in [-0.05, 0) is 57.5 Å². The number of carbonyl (C=O) groups is 2. The summed E-state index contributed by atoms with van der Waals surface area (Å²) in [6.07, 6.45) is 0.614. The minimum Gasteiger partial charge on any atom is -0.460 e. The lowest BCUT2D eigenvalue weighted by molar-refractivity contribution is -0.154. The van der Waals surface area contributed by atoms with Crippen LogP contribution in [0.2, 0.25) is 5.02 Å². The molecule has 5 nitrogen and oxygen atoms in total. The first-order valence-corrected chi connectivity index (χ1v) is 10.1. The molecule has 0 spiro atoms. The number of ether oxygens (including phenoxy) is 1. The highest BCUT2D eigenvalue weighted by atomic mass is 35.5. The number of nitrogens with zero attached hydrogens (tertiary/aromatic N) is 2. The van der Waals surface area contributed by atoms with Crippen molar-refractivity contribution in [3.8, 4) is 0 Å². The van der Waals surface area contributed by atoms with Crippen molar-refractivity contribution < 1.29 is 18.7 Å². The van der Waals surface area contributed by atoms with Crippen LogP contribution in [0.4, 0.5) is 10.1 Å². The van der Waals surface area contributed by atoms with Gasteiger partial charge in [0.15, 0.2) is 0 Å². The summed E-state index contributed by atoms with van der Waals surface area (Å²) in [6, 6.07) is 11.4. The van der Waals surface area contributed by atoms with Crippen LogP contribution < -0.4 is 4.90 Å². The van der Waals surface area contributed by atoms with Gasteiger partial charge in [0, 0.05) is 29.1 Å². The molecule has 0 aromatic heterocycles. The van der Waals surface area contributed by atoms with Crippen molar-refractivity contribution in [1.82, 2.24) is 0 Å². The zero-order valence-electron chi connectivity index (χ0n) is 17.2. The van der Waals surface area contributed by atoms with Gasteiger partial charge in [0.05, 0.1) is 11.4 Å². The Labute approximate surface area is 180 Å². The normalized spacial score (nSPS) is 14.1. The summed E-state index contributed by atoms with van der Waals surface area (Å²) in [7, 11) is 0. The highest BCUT2D eigenvalue weighted by Crippen LogP contribution is 2.30. The number of fused-ring (bicyclic) bond motifs is 1. The number of hydrogen-bond donors (Lipinski definition) is 0. The lowest BCUT2D eigenvalue weighted by Crippen LogP contribution is -2.34. The van der Waals surface area contributed by atoms with Crippen LogP contribution in [0.3, 0.4) is 0 Å². The number of benzene rings is 2. The summed E-state index contributed by atoms with van der Waals surface area (Å²) in [5.74, 6) is -0.966. The zero-order chi connectivity index (χ0) is 21.9. The quantitative estimate of drug-likeness (QED) is 0.641. The van der Waals surface area contributed by atoms with E-state index >= 15 is 0 Å². The first-order chi connectivity index (χ1) is 14.2. The Kier molecular flexibility index (Phi) is 6.56. The fourth-order valence-corrected chi connectivity index (χ4v) is 3.46. The predicted octanol–water partition coefficient (Wildman–Crippen LogP) is 4.79. The van der Waals surface area contributed by atoms with Crippen molar-refractivity contribution in [2.45, 2.75) is 39.2 Å². The number of carbonyl (C=O) groups excluding carboxylic acids is 2. The van der Waals surface area contributed by atoms with Gasteiger partial charge in [-0.15, -0.1) is 0 Å². The number of esters is 1. The number of hydrogen-bond acceptors (Lipinski definition) is 4. The highest BCUT2D eigenvalue weighted by molar-refractivity contribution is 6.32. The van der Waals surface area contributed by atoms with Crippen LogP contribution in [0.5, 0.6) is 0 Å². The lowest BCUT2D eigenvalue weighted by Gasteiger charge is -2.24. The summed E-state index contributed by atoms with van der Waals surface area (Å²) < 4.78 is 19.8. The Morgan fingerprint density at radius 3 is 2.63 bits per heavy atom. The van der Waals surface area contributed by atoms with Gasteiger partial charge in [-0.3, -0.25) is 14.6 Å². The van der Waals surface area contributed by atoms with Crippen LogP contribution in [0.1, 0.15) is 44.7 Å². The second kappa shape index (κ2) is 8.96. The van der Waals surface area contributed by atoms with Gasteiger partial charge < -0.3 is 9.64 Å². The third-order valence-electron chi connectivity index (χ3n) is 4.49. The molecule has 1 heterocycles. The molecule has 0 bridgehead atoms. The van der Waals surface area contributed by atoms with Crippen LogP contribution in [0.25, 0.3) is 0 Å². The van der Waals surface area contributed by atoms with E-state index in [2.05, 4.69) is 4.99 Å². The Morgan fingerprint density at radius 2 is 1.93 bits per heavy atom. The van der Waals surface area contributed by atoms with Gasteiger partial charge in [-0.25, -0.2) is 4.39 Å². The van der Waals surface area contributed by atoms with Gasteiger partial charge in [-0.2, -0.15) is 0 Å². The third kappa shape index (κ3) is 5.25. The molecular weight excluding hydrogens is 407 g/mol. The standard InChI is InChI=1S/C23H24ClFN2O3/c1-23(2,3)30-21(29)9-6-12-27-19-11-10-15(24)13-17(19)22(26-14-20(27)28)16-7-4-5-8-18(16)25/h4-5,7-8,10-11,13H,6,9,12,14H2,1-3H3. The first-order valence-electron chi connectivity index (χ1n) is 9.77. The fourth-order valence-electron chi connectivity index (χ4n) is 3.29. The smallest absolute Gasteiger partial charge is 0.306 e. The molecule has 0 aliphatic carbocycles. The molecule has 158 valence electrons. The number of aliphatic imine (C=N–C) groups is 1. The van der Waals surface area contributed by atoms with Crippen LogP contribution in [-0.2, 0) is 14.3 Å². The highest BCUT2D eigenvalue weighted by Gasteiger charge is 2.26. The van der Waals surface area contributed by atoms with E-state index in [0.29, 0.717) is 40.5 Å². The second-order valence-electron chi connectivity index (χ2n) is 8.04. The predicted molar refractivity (Wildman–Crippen MR) is 116 cm³/mol. The van der Waals surface area contributed by atoms with E-state index in [0.717, 1.165) is 0 Å². The molecule has 1 aliphatic rings. The van der Waals surface area contributed by atoms with E-state index in [1.807, 2.05) is 20.8 Å². The molecule has 1 aliphatic heterocycles. The van der Waals surface area contributed by atoms with E-state index in [-0.39, 0.29) is 24.8 Å². The summed E-state index contributed by atoms with van der Waals surface area (Å²) in [6.45, 7) is 5.62. The number of benzodiazepines with no additional fused rings is 1. The molecule has 0 fully saturated rings. The fraction of sp³-hybridized carbons (Fsp3) is 0.348. The van der Waals surface area contributed by atoms with E-state index < -0.39 is 11.4 Å². The third-order valence-corrected chi connectivity index (χ3v) is 4.72. The summed E-state index contributed by atoms with van der Waals surface area (Å²) in [5.41, 5.74) is 1.31. The molecule has 0 saturated carbocycles. The van der Waals surface area contributed by atoms with Crippen molar-refractivity contribution in [2.24, 2.45) is 4.99 Å². The molecule has 0 saturated heterocycles. The first kappa shape index (κ1) is 22.0. The average molecular weight is 431 g/mol. The van der Waals surface area contributed by atoms with Gasteiger partial charge in [0.25, 0.3) is 0 Å². The van der Waals surface area contributed by atoms with E-state index in [9.17, 15) is 14.0 Å². The van der Waals surface area contributed by atoms with E-state index in [1.165, 1.54) is 6.07 Å². The van der Waals surface area contributed by atoms with Crippen LogP contribution in [0.15, 0.2) is 47.5 Å². The maximum Gasteiger partial charge on any atom is 0.306 e. The van der Waals surface area contributed by atoms with Gasteiger partial charge >= 0.3 is 5.97 Å². The number of amides is 1. The Balaban J connectivity index is 1.88. The Hall–Kier alpha value is -2.73. The molecule has 3 rings (SSSR count). The molecular formula is C23H24ClFN2O3. The summed E-state index contributed by atoms with van der Waals surface area (Å²) in [4.78, 5) is 30.8. The van der Waals surface area contributed by atoms with Crippen molar-refractivity contribution in [2.75, 3.05) is 18.0 Å². The molecule has 0 unspecified atom stereocenters. The minimum atomic E-state index is -0.554. The Morgan fingerprint density at radius 1 is 1.20 bits per heavy atom. The lowest BCUT2D eigenvalue weighted by atomic mass is 9.99. The molecule has 1 amide bonds. The summed E-state index contributed by atoms with van der Waals surface area (Å²) in [5, 5.41) is 0.459. The van der Waals surface area contributed by atoms with Gasteiger partial charge in [0.1, 0.15) is 18.0 Å². The molecule has 2 aromatic carbocycles. The van der Waals surface area contributed by atoms with Crippen molar-refractivity contribution >= 4 is 34.9 Å². The number of anilines is 1. The average Bonchev–Trinajstić information content (AvgIpc) is 2.78. The maximum atomic E-state index is 14.5. The van der Waals surface area contributed by atoms with Crippen molar-refractivity contribution in [1.29, 1.82) is 0 Å². The number of rotatable bonds is 5. The molecule has 0 atom stereocenters. The van der Waals surface area contributed by atoms with Gasteiger partial charge in [0.2, 0.25) is 5.91 Å². The van der Waals surface area contributed by atoms with E-state index in [1.54, 1.807) is 41.3 Å². The topological polar surface area (TPSA) is 59.0 Å². The molecule has 0 N–H and O–H groups in total. The van der Waals surface area contributed by atoms with Crippen LogP contribution in [-0.4, -0.2) is 36.3 Å². The van der Waals surface area contributed by atoms with Crippen molar-refractivity contribution in [3.05, 3.63) is 64.4 Å². The van der Waals surface area contributed by atoms with Crippen LogP contribution >= 0.6 is 11.6 Å². The second-order valence-corrected chi connectivity index (χ2v) is 8.48. The molecule has 30 heavy (non-hydrogen) atoms.